The quantitative estimate of drug-likeness (QED) is 0.751. The highest BCUT2D eigenvalue weighted by Crippen LogP contribution is 2.16. The lowest BCUT2D eigenvalue weighted by Gasteiger charge is -2.15. The van der Waals surface area contributed by atoms with Crippen LogP contribution in [0.3, 0.4) is 0 Å². The number of sulfonamides is 1. The van der Waals surface area contributed by atoms with Crippen LogP contribution < -0.4 is 10.0 Å². The van der Waals surface area contributed by atoms with Gasteiger partial charge in [0.25, 0.3) is 0 Å². The number of carbonyl (C=O) groups is 2. The highest BCUT2D eigenvalue weighted by molar-refractivity contribution is 7.89. The fourth-order valence-electron chi connectivity index (χ4n) is 2.05. The van der Waals surface area contributed by atoms with E-state index in [-0.39, 0.29) is 16.4 Å². The van der Waals surface area contributed by atoms with Gasteiger partial charge in [0, 0.05) is 11.6 Å². The Kier molecular flexibility index (Phi) is 5.83. The van der Waals surface area contributed by atoms with E-state index in [4.69, 9.17) is 0 Å². The van der Waals surface area contributed by atoms with Crippen LogP contribution in [-0.2, 0) is 14.8 Å². The number of anilines is 1. The summed E-state index contributed by atoms with van der Waals surface area (Å²) in [6.45, 7) is 2.63. The van der Waals surface area contributed by atoms with Crippen LogP contribution in [0.2, 0.25) is 0 Å². The molecule has 2 aromatic rings. The third-order valence-electron chi connectivity index (χ3n) is 3.49. The van der Waals surface area contributed by atoms with E-state index in [0.717, 1.165) is 12.1 Å². The first-order valence-corrected chi connectivity index (χ1v) is 8.98. The van der Waals surface area contributed by atoms with Crippen molar-refractivity contribution < 1.29 is 26.8 Å². The molecule has 0 saturated heterocycles. The van der Waals surface area contributed by atoms with Crippen LogP contribution in [0.15, 0.2) is 47.4 Å². The minimum Gasteiger partial charge on any atom is -0.322 e. The van der Waals surface area contributed by atoms with Gasteiger partial charge < -0.3 is 5.32 Å². The lowest BCUT2D eigenvalue weighted by molar-refractivity contribution is -0.117. The van der Waals surface area contributed by atoms with Gasteiger partial charge in [-0.3, -0.25) is 9.59 Å². The van der Waals surface area contributed by atoms with Crippen molar-refractivity contribution in [2.45, 2.75) is 24.8 Å². The third kappa shape index (κ3) is 4.70. The number of amides is 1. The molecule has 138 valence electrons. The second-order valence-corrected chi connectivity index (χ2v) is 7.25. The van der Waals surface area contributed by atoms with Crippen molar-refractivity contribution in [3.05, 3.63) is 59.7 Å². The van der Waals surface area contributed by atoms with Gasteiger partial charge in [-0.25, -0.2) is 17.2 Å². The molecule has 0 aromatic heterocycles. The number of hydrogen-bond acceptors (Lipinski definition) is 4. The molecule has 0 unspecified atom stereocenters. The van der Waals surface area contributed by atoms with Crippen molar-refractivity contribution in [1.29, 1.82) is 0 Å². The first-order valence-electron chi connectivity index (χ1n) is 7.49. The van der Waals surface area contributed by atoms with Crippen molar-refractivity contribution in [2.75, 3.05) is 5.32 Å². The molecule has 6 nitrogen and oxygen atoms in total. The summed E-state index contributed by atoms with van der Waals surface area (Å²) in [4.78, 5) is 23.2. The Balaban J connectivity index is 2.10. The summed E-state index contributed by atoms with van der Waals surface area (Å²) in [7, 11) is -4.03. The maximum absolute atomic E-state index is 13.6. The van der Waals surface area contributed by atoms with E-state index in [1.165, 1.54) is 38.1 Å². The molecular formula is C17H16F2N2O4S. The Morgan fingerprint density at radius 3 is 2.19 bits per heavy atom. The highest BCUT2D eigenvalue weighted by Gasteiger charge is 2.23. The number of benzene rings is 2. The summed E-state index contributed by atoms with van der Waals surface area (Å²) in [6, 6.07) is 6.56. The van der Waals surface area contributed by atoms with Crippen molar-refractivity contribution >= 4 is 27.4 Å². The second-order valence-electron chi connectivity index (χ2n) is 5.54. The van der Waals surface area contributed by atoms with Crippen LogP contribution in [0.1, 0.15) is 24.2 Å². The minimum atomic E-state index is -4.03. The molecule has 2 N–H and O–H groups in total. The van der Waals surface area contributed by atoms with Crippen molar-refractivity contribution in [3.8, 4) is 0 Å². The Bertz CT molecular complexity index is 944. The number of Topliss-reactive ketones (excluding diaryl/α,β-unsaturated/α-hetero) is 1. The standard InChI is InChI=1S/C17H16F2N2O4S/c1-10(17(23)20-16-8-5-13(18)9-15(16)19)21-26(24,25)14-6-3-12(4-7-14)11(2)22/h3-10,21H,1-2H3,(H,20,23)/t10-/m0/s1. The van der Waals surface area contributed by atoms with Crippen molar-refractivity contribution in [2.24, 2.45) is 0 Å². The predicted octanol–water partition coefficient (Wildman–Crippen LogP) is 2.47. The molecule has 0 heterocycles. The van der Waals surface area contributed by atoms with Gasteiger partial charge >= 0.3 is 0 Å². The molecule has 0 saturated carbocycles. The van der Waals surface area contributed by atoms with Crippen LogP contribution in [-0.4, -0.2) is 26.2 Å². The summed E-state index contributed by atoms with van der Waals surface area (Å²) in [5.74, 6) is -2.81. The first-order chi connectivity index (χ1) is 12.1. The Hall–Kier alpha value is -2.65. The zero-order valence-corrected chi connectivity index (χ0v) is 14.7. The normalized spacial score (nSPS) is 12.5. The van der Waals surface area contributed by atoms with E-state index in [9.17, 15) is 26.8 Å². The van der Waals surface area contributed by atoms with Gasteiger partial charge in [0.15, 0.2) is 5.78 Å². The van der Waals surface area contributed by atoms with E-state index in [1.54, 1.807) is 0 Å². The molecule has 1 amide bonds. The van der Waals surface area contributed by atoms with Gasteiger partial charge in [-0.15, -0.1) is 0 Å². The zero-order valence-electron chi connectivity index (χ0n) is 13.9. The van der Waals surface area contributed by atoms with Crippen molar-refractivity contribution in [1.82, 2.24) is 4.72 Å². The molecule has 9 heteroatoms. The number of rotatable bonds is 6. The average molecular weight is 382 g/mol. The zero-order chi connectivity index (χ0) is 19.5. The lowest BCUT2D eigenvalue weighted by Crippen LogP contribution is -2.41. The second kappa shape index (κ2) is 7.71. The topological polar surface area (TPSA) is 92.3 Å². The van der Waals surface area contributed by atoms with Gasteiger partial charge in [0.2, 0.25) is 15.9 Å². The van der Waals surface area contributed by atoms with Gasteiger partial charge in [0.1, 0.15) is 11.6 Å². The molecule has 26 heavy (non-hydrogen) atoms. The summed E-state index contributed by atoms with van der Waals surface area (Å²) in [5, 5.41) is 2.18. The lowest BCUT2D eigenvalue weighted by atomic mass is 10.2. The van der Waals surface area contributed by atoms with Gasteiger partial charge in [-0.2, -0.15) is 4.72 Å². The minimum absolute atomic E-state index is 0.130. The first kappa shape index (κ1) is 19.7. The third-order valence-corrected chi connectivity index (χ3v) is 5.04. The monoisotopic (exact) mass is 382 g/mol. The Morgan fingerprint density at radius 1 is 1.04 bits per heavy atom. The van der Waals surface area contributed by atoms with Gasteiger partial charge in [0.05, 0.1) is 16.6 Å². The molecule has 2 rings (SSSR count). The molecule has 0 aliphatic carbocycles. The summed E-state index contributed by atoms with van der Waals surface area (Å²) < 4.78 is 53.2. The van der Waals surface area contributed by atoms with Crippen LogP contribution in [0.25, 0.3) is 0 Å². The number of ketones is 1. The fraction of sp³-hybridized carbons (Fsp3) is 0.176. The van der Waals surface area contributed by atoms with Gasteiger partial charge in [-0.1, -0.05) is 12.1 Å². The van der Waals surface area contributed by atoms with Crippen LogP contribution in [0.5, 0.6) is 0 Å². The molecule has 0 radical (unpaired) electrons. The van der Waals surface area contributed by atoms with E-state index in [0.29, 0.717) is 11.6 Å². The summed E-state index contributed by atoms with van der Waals surface area (Å²) in [6.07, 6.45) is 0. The molecule has 0 bridgehead atoms. The van der Waals surface area contributed by atoms with Gasteiger partial charge in [-0.05, 0) is 38.1 Å². The summed E-state index contributed by atoms with van der Waals surface area (Å²) >= 11 is 0. The molecule has 0 aliphatic rings. The Labute approximate surface area is 149 Å². The maximum atomic E-state index is 13.6. The van der Waals surface area contributed by atoms with E-state index >= 15 is 0 Å². The van der Waals surface area contributed by atoms with E-state index in [1.807, 2.05) is 0 Å². The number of halogens is 2. The molecule has 0 fully saturated rings. The number of hydrogen-bond donors (Lipinski definition) is 2. The predicted molar refractivity (Wildman–Crippen MR) is 91.2 cm³/mol. The number of nitrogens with one attached hydrogen (secondary N) is 2. The molecule has 1 atom stereocenters. The average Bonchev–Trinajstić information content (AvgIpc) is 2.57. The van der Waals surface area contributed by atoms with E-state index in [2.05, 4.69) is 10.0 Å². The smallest absolute Gasteiger partial charge is 0.242 e. The largest absolute Gasteiger partial charge is 0.322 e. The Morgan fingerprint density at radius 2 is 1.65 bits per heavy atom. The van der Waals surface area contributed by atoms with Crippen molar-refractivity contribution in [3.63, 3.8) is 0 Å². The summed E-state index contributed by atoms with van der Waals surface area (Å²) in [5.41, 5.74) is 0.0785. The van der Waals surface area contributed by atoms with E-state index < -0.39 is 33.6 Å². The van der Waals surface area contributed by atoms with Crippen LogP contribution in [0.4, 0.5) is 14.5 Å². The van der Waals surface area contributed by atoms with Crippen LogP contribution in [0, 0.1) is 11.6 Å². The maximum Gasteiger partial charge on any atom is 0.242 e. The molecule has 0 aliphatic heterocycles. The fourth-order valence-corrected chi connectivity index (χ4v) is 3.26. The molecule has 2 aromatic carbocycles. The molecule has 0 spiro atoms. The highest BCUT2D eigenvalue weighted by atomic mass is 32.2. The SMILES string of the molecule is CC(=O)c1ccc(S(=O)(=O)N[C@@H](C)C(=O)Nc2ccc(F)cc2F)cc1. The van der Waals surface area contributed by atoms with Crippen LogP contribution >= 0.6 is 0 Å². The molecular weight excluding hydrogens is 366 g/mol. The number of carbonyl (C=O) groups excluding carboxylic acids is 2.